The number of carboxylic acids is 1. The van der Waals surface area contributed by atoms with E-state index in [-0.39, 0.29) is 11.8 Å². The lowest BCUT2D eigenvalue weighted by Gasteiger charge is -2.34. The quantitative estimate of drug-likeness (QED) is 0.490. The minimum Gasteiger partial charge on any atom is -0.489 e. The van der Waals surface area contributed by atoms with Gasteiger partial charge in [-0.3, -0.25) is 14.7 Å². The van der Waals surface area contributed by atoms with Crippen LogP contribution in [-0.4, -0.2) is 39.0 Å². The molecule has 0 bridgehead atoms. The Kier molecular flexibility index (Phi) is 6.96. The van der Waals surface area contributed by atoms with Crippen molar-refractivity contribution in [3.8, 4) is 17.0 Å². The maximum Gasteiger partial charge on any atom is 0.303 e. The van der Waals surface area contributed by atoms with Gasteiger partial charge in [-0.05, 0) is 47.4 Å². The molecule has 0 aliphatic carbocycles. The third-order valence-electron chi connectivity index (χ3n) is 5.70. The average molecular weight is 466 g/mol. The van der Waals surface area contributed by atoms with Crippen LogP contribution in [0.1, 0.15) is 37.2 Å². The molecular formula is C26H28ClN3O3. The van der Waals surface area contributed by atoms with E-state index in [4.69, 9.17) is 26.4 Å². The zero-order chi connectivity index (χ0) is 23.4. The summed E-state index contributed by atoms with van der Waals surface area (Å²) in [6.45, 7) is 6.71. The second kappa shape index (κ2) is 9.89. The fraction of sp³-hybridized carbons (Fsp3) is 0.346. The third kappa shape index (κ3) is 6.30. The number of aliphatic carboxylic acids is 1. The minimum absolute atomic E-state index is 0.153. The van der Waals surface area contributed by atoms with Gasteiger partial charge in [0.25, 0.3) is 0 Å². The summed E-state index contributed by atoms with van der Waals surface area (Å²) in [5.74, 6) is 0.0204. The molecule has 1 aliphatic heterocycles. The lowest BCUT2D eigenvalue weighted by molar-refractivity contribution is -0.139. The molecule has 0 fully saturated rings. The van der Waals surface area contributed by atoms with Crippen molar-refractivity contribution in [3.63, 3.8) is 0 Å². The molecule has 1 aromatic heterocycles. The summed E-state index contributed by atoms with van der Waals surface area (Å²) >= 11 is 6.03. The van der Waals surface area contributed by atoms with Crippen molar-refractivity contribution in [1.29, 1.82) is 0 Å². The number of nitrogens with zero attached hydrogens (tertiary/aromatic N) is 3. The summed E-state index contributed by atoms with van der Waals surface area (Å²) in [7, 11) is 0. The molecule has 0 amide bonds. The summed E-state index contributed by atoms with van der Waals surface area (Å²) in [6, 6.07) is 15.5. The predicted octanol–water partition coefficient (Wildman–Crippen LogP) is 5.24. The van der Waals surface area contributed by atoms with Crippen LogP contribution in [0.2, 0.25) is 5.02 Å². The van der Waals surface area contributed by atoms with E-state index in [0.717, 1.165) is 53.5 Å². The van der Waals surface area contributed by atoms with Gasteiger partial charge in [-0.15, -0.1) is 0 Å². The first-order valence-corrected chi connectivity index (χ1v) is 11.4. The Balaban J connectivity index is 1.38. The van der Waals surface area contributed by atoms with E-state index < -0.39 is 5.97 Å². The molecule has 0 atom stereocenters. The molecule has 172 valence electrons. The zero-order valence-corrected chi connectivity index (χ0v) is 19.7. The highest BCUT2D eigenvalue weighted by molar-refractivity contribution is 6.30. The maximum absolute atomic E-state index is 11.1. The molecule has 0 saturated heterocycles. The van der Waals surface area contributed by atoms with Gasteiger partial charge >= 0.3 is 5.97 Å². The molecule has 1 N–H and O–H groups in total. The van der Waals surface area contributed by atoms with Gasteiger partial charge in [0, 0.05) is 36.6 Å². The van der Waals surface area contributed by atoms with Crippen molar-refractivity contribution in [2.45, 2.75) is 39.8 Å². The number of fused-ring (bicyclic) bond motifs is 1. The fourth-order valence-electron chi connectivity index (χ4n) is 4.20. The van der Waals surface area contributed by atoms with E-state index in [9.17, 15) is 4.79 Å². The number of carbonyl (C=O) groups is 1. The van der Waals surface area contributed by atoms with Gasteiger partial charge in [0.2, 0.25) is 0 Å². The predicted molar refractivity (Wildman–Crippen MR) is 128 cm³/mol. The van der Waals surface area contributed by atoms with Crippen LogP contribution in [0.25, 0.3) is 11.3 Å². The highest BCUT2D eigenvalue weighted by Gasteiger charge is 2.28. The standard InChI is InChI=1S/C26H28ClN3O3/c1-26(2,13-25(31)32)17-30-11-10-22-24(15-30)28-14-23(29-22)19-6-8-21(9-7-19)33-16-18-4-3-5-20(27)12-18/h3-9,12,14H,10-11,13,15-17H2,1-2H3,(H,31,32). The molecule has 2 aromatic carbocycles. The van der Waals surface area contributed by atoms with E-state index in [2.05, 4.69) is 9.88 Å². The Morgan fingerprint density at radius 3 is 2.70 bits per heavy atom. The van der Waals surface area contributed by atoms with Crippen molar-refractivity contribution in [2.75, 3.05) is 13.1 Å². The minimum atomic E-state index is -0.761. The summed E-state index contributed by atoms with van der Waals surface area (Å²) < 4.78 is 5.87. The highest BCUT2D eigenvalue weighted by Crippen LogP contribution is 2.27. The van der Waals surface area contributed by atoms with Gasteiger partial charge in [0.1, 0.15) is 12.4 Å². The highest BCUT2D eigenvalue weighted by atomic mass is 35.5. The second-order valence-corrected chi connectivity index (χ2v) is 9.72. The number of carboxylic acid groups (broad SMARTS) is 1. The lowest BCUT2D eigenvalue weighted by Crippen LogP contribution is -2.39. The summed E-state index contributed by atoms with van der Waals surface area (Å²) in [4.78, 5) is 22.9. The molecule has 3 aromatic rings. The molecule has 0 spiro atoms. The first kappa shape index (κ1) is 23.2. The number of ether oxygens (including phenoxy) is 1. The van der Waals surface area contributed by atoms with Crippen molar-refractivity contribution >= 4 is 17.6 Å². The van der Waals surface area contributed by atoms with E-state index in [1.807, 2.05) is 68.6 Å². The Bertz CT molecular complexity index is 1130. The van der Waals surface area contributed by atoms with Gasteiger partial charge in [0.05, 0.1) is 29.7 Å². The molecule has 0 saturated carbocycles. The SMILES string of the molecule is CC(C)(CC(=O)O)CN1CCc2nc(-c3ccc(OCc4cccc(Cl)c4)cc3)cnc2C1. The third-order valence-corrected chi connectivity index (χ3v) is 5.93. The van der Waals surface area contributed by atoms with Gasteiger partial charge in [-0.1, -0.05) is 37.6 Å². The number of halogens is 1. The lowest BCUT2D eigenvalue weighted by atomic mass is 9.88. The zero-order valence-electron chi connectivity index (χ0n) is 18.9. The molecule has 33 heavy (non-hydrogen) atoms. The monoisotopic (exact) mass is 465 g/mol. The number of hydrogen-bond acceptors (Lipinski definition) is 5. The Hall–Kier alpha value is -2.96. The molecule has 6 nitrogen and oxygen atoms in total. The summed E-state index contributed by atoms with van der Waals surface area (Å²) in [6.07, 6.45) is 2.77. The number of aromatic nitrogens is 2. The molecule has 2 heterocycles. The van der Waals surface area contributed by atoms with Crippen LogP contribution in [0, 0.1) is 5.41 Å². The van der Waals surface area contributed by atoms with Crippen molar-refractivity contribution < 1.29 is 14.6 Å². The molecule has 7 heteroatoms. The van der Waals surface area contributed by atoms with Gasteiger partial charge in [-0.25, -0.2) is 4.98 Å². The molecule has 0 radical (unpaired) electrons. The van der Waals surface area contributed by atoms with Crippen molar-refractivity contribution in [2.24, 2.45) is 5.41 Å². The van der Waals surface area contributed by atoms with Crippen LogP contribution in [-0.2, 0) is 24.4 Å². The Morgan fingerprint density at radius 2 is 1.97 bits per heavy atom. The maximum atomic E-state index is 11.1. The van der Waals surface area contributed by atoms with E-state index in [1.165, 1.54) is 0 Å². The van der Waals surface area contributed by atoms with Crippen molar-refractivity contribution in [3.05, 3.63) is 76.7 Å². The first-order chi connectivity index (χ1) is 15.8. The molecule has 4 rings (SSSR count). The van der Waals surface area contributed by atoms with Gasteiger partial charge in [0.15, 0.2) is 0 Å². The fourth-order valence-corrected chi connectivity index (χ4v) is 4.41. The van der Waals surface area contributed by atoms with Gasteiger partial charge in [-0.2, -0.15) is 0 Å². The van der Waals surface area contributed by atoms with E-state index >= 15 is 0 Å². The van der Waals surface area contributed by atoms with Crippen LogP contribution in [0.15, 0.2) is 54.7 Å². The van der Waals surface area contributed by atoms with Gasteiger partial charge < -0.3 is 9.84 Å². The van der Waals surface area contributed by atoms with Crippen LogP contribution >= 0.6 is 11.6 Å². The summed E-state index contributed by atoms with van der Waals surface area (Å²) in [5, 5.41) is 9.83. The van der Waals surface area contributed by atoms with E-state index in [1.54, 1.807) is 0 Å². The molecule has 0 unspecified atom stereocenters. The summed E-state index contributed by atoms with van der Waals surface area (Å²) in [5.41, 5.74) is 4.55. The Labute approximate surface area is 199 Å². The van der Waals surface area contributed by atoms with Crippen molar-refractivity contribution in [1.82, 2.24) is 14.9 Å². The van der Waals surface area contributed by atoms with E-state index in [0.29, 0.717) is 18.2 Å². The number of benzene rings is 2. The number of hydrogen-bond donors (Lipinski definition) is 1. The topological polar surface area (TPSA) is 75.5 Å². The normalized spacial score (nSPS) is 14.0. The molecule has 1 aliphatic rings. The van der Waals surface area contributed by atoms with Crippen LogP contribution in [0.4, 0.5) is 0 Å². The molecular weight excluding hydrogens is 438 g/mol. The van der Waals surface area contributed by atoms with Crippen LogP contribution in [0.5, 0.6) is 5.75 Å². The second-order valence-electron chi connectivity index (χ2n) is 9.29. The first-order valence-electron chi connectivity index (χ1n) is 11.0. The average Bonchev–Trinajstić information content (AvgIpc) is 2.76. The smallest absolute Gasteiger partial charge is 0.303 e. The number of rotatable bonds is 8. The van der Waals surface area contributed by atoms with Crippen LogP contribution < -0.4 is 4.74 Å². The largest absolute Gasteiger partial charge is 0.489 e. The Morgan fingerprint density at radius 1 is 1.18 bits per heavy atom. The van der Waals surface area contributed by atoms with Crippen LogP contribution in [0.3, 0.4) is 0 Å².